The fourth-order valence-corrected chi connectivity index (χ4v) is 12.4. The molecule has 67 heavy (non-hydrogen) atoms. The summed E-state index contributed by atoms with van der Waals surface area (Å²) < 4.78 is 0. The van der Waals surface area contributed by atoms with Crippen LogP contribution in [0.25, 0.3) is 154 Å². The molecular formula is C67H40. The van der Waals surface area contributed by atoms with Crippen LogP contribution in [0.2, 0.25) is 0 Å². The second kappa shape index (κ2) is 13.7. The lowest BCUT2D eigenvalue weighted by Gasteiger charge is -2.22. The minimum Gasteiger partial charge on any atom is -0.0622 e. The molecule has 0 bridgehead atoms. The van der Waals surface area contributed by atoms with Crippen LogP contribution in [0.1, 0.15) is 5.56 Å². The molecule has 0 fully saturated rings. The lowest BCUT2D eigenvalue weighted by atomic mass is 9.81. The first kappa shape index (κ1) is 36.7. The van der Waals surface area contributed by atoms with Gasteiger partial charge in [0, 0.05) is 0 Å². The first-order valence-corrected chi connectivity index (χ1v) is 23.5. The van der Waals surface area contributed by atoms with Gasteiger partial charge in [0.15, 0.2) is 0 Å². The molecule has 13 aromatic rings. The summed E-state index contributed by atoms with van der Waals surface area (Å²) in [4.78, 5) is 0. The summed E-state index contributed by atoms with van der Waals surface area (Å²) in [6.07, 6.45) is 0. The van der Waals surface area contributed by atoms with E-state index in [1.807, 2.05) is 0 Å². The average Bonchev–Trinajstić information content (AvgIpc) is 3.92. The molecule has 2 aliphatic rings. The molecule has 13 aromatic carbocycles. The van der Waals surface area contributed by atoms with Gasteiger partial charge in [-0.15, -0.1) is 0 Å². The summed E-state index contributed by atoms with van der Waals surface area (Å²) in [6.45, 7) is 2.18. The standard InChI is InChI=1S/C67H40/c1-39-25-27-43(28-26-39)58-48-23-13-14-24-49(48)63(47-22-12-11-21-44(47)40-15-5-2-6-16-40)67-57-38-34-53-51-32-36-55-60-46(42-19-9-4-10-20-42)30-29-45(41-17-7-3-8-18-41)59(60)54-35-31-50(61(51)64(54)55)52-33-37-56(66(58)67)65(57)62(52)53/h2-38H,1H3. The van der Waals surface area contributed by atoms with Gasteiger partial charge >= 0.3 is 0 Å². The third kappa shape index (κ3) is 4.97. The Kier molecular flexibility index (Phi) is 7.52. The monoisotopic (exact) mass is 844 g/mol. The van der Waals surface area contributed by atoms with Crippen LogP contribution in [0.15, 0.2) is 224 Å². The minimum absolute atomic E-state index is 1.22. The zero-order valence-corrected chi connectivity index (χ0v) is 36.9. The van der Waals surface area contributed by atoms with Gasteiger partial charge in [-0.05, 0) is 161 Å². The van der Waals surface area contributed by atoms with Gasteiger partial charge in [-0.1, -0.05) is 230 Å². The van der Waals surface area contributed by atoms with Crippen molar-refractivity contribution in [3.05, 3.63) is 230 Å². The minimum atomic E-state index is 1.22. The predicted molar refractivity (Wildman–Crippen MR) is 286 cm³/mol. The van der Waals surface area contributed by atoms with Gasteiger partial charge in [0.1, 0.15) is 0 Å². The van der Waals surface area contributed by atoms with E-state index in [9.17, 15) is 0 Å². The number of benzene rings is 13. The Balaban J connectivity index is 1.06. The van der Waals surface area contributed by atoms with Crippen molar-refractivity contribution < 1.29 is 0 Å². The van der Waals surface area contributed by atoms with Crippen molar-refractivity contribution in [1.29, 1.82) is 0 Å². The average molecular weight is 845 g/mol. The molecule has 0 amide bonds. The third-order valence-corrected chi connectivity index (χ3v) is 15.2. The van der Waals surface area contributed by atoms with E-state index in [0.29, 0.717) is 0 Å². The molecule has 0 heteroatoms. The van der Waals surface area contributed by atoms with Crippen LogP contribution < -0.4 is 0 Å². The number of rotatable bonds is 5. The Morgan fingerprint density at radius 2 is 0.537 bits per heavy atom. The molecule has 0 aromatic heterocycles. The second-order valence-electron chi connectivity index (χ2n) is 18.6. The van der Waals surface area contributed by atoms with Crippen LogP contribution in [-0.4, -0.2) is 0 Å². The summed E-state index contributed by atoms with van der Waals surface area (Å²) >= 11 is 0. The van der Waals surface area contributed by atoms with Gasteiger partial charge in [0.25, 0.3) is 0 Å². The quantitative estimate of drug-likeness (QED) is 0.120. The van der Waals surface area contributed by atoms with E-state index < -0.39 is 0 Å². The smallest absolute Gasteiger partial charge is 0.000718 e. The Labute approximate surface area is 389 Å². The Bertz CT molecular complexity index is 4090. The fraction of sp³-hybridized carbons (Fsp3) is 0.0149. The normalized spacial score (nSPS) is 12.3. The maximum Gasteiger partial charge on any atom is -0.000718 e. The molecule has 0 saturated carbocycles. The van der Waals surface area contributed by atoms with Crippen LogP contribution in [0.4, 0.5) is 0 Å². The first-order chi connectivity index (χ1) is 33.2. The Morgan fingerprint density at radius 3 is 1.01 bits per heavy atom. The molecule has 0 radical (unpaired) electrons. The summed E-state index contributed by atoms with van der Waals surface area (Å²) in [5, 5.41) is 13.2. The summed E-state index contributed by atoms with van der Waals surface area (Å²) in [5.74, 6) is 0. The van der Waals surface area contributed by atoms with Crippen molar-refractivity contribution in [2.75, 3.05) is 0 Å². The highest BCUT2D eigenvalue weighted by molar-refractivity contribution is 6.42. The molecular weight excluding hydrogens is 805 g/mol. The largest absolute Gasteiger partial charge is 0.0622 e. The molecule has 0 nitrogen and oxygen atoms in total. The number of fused-ring (bicyclic) bond motifs is 9. The maximum absolute atomic E-state index is 2.46. The lowest BCUT2D eigenvalue weighted by molar-refractivity contribution is 1.47. The van der Waals surface area contributed by atoms with E-state index in [1.54, 1.807) is 0 Å². The summed E-state index contributed by atoms with van der Waals surface area (Å²) in [7, 11) is 0. The highest BCUT2D eigenvalue weighted by Gasteiger charge is 2.34. The molecule has 0 heterocycles. The van der Waals surface area contributed by atoms with Gasteiger partial charge in [0.2, 0.25) is 0 Å². The van der Waals surface area contributed by atoms with E-state index in [0.717, 1.165) is 0 Å². The van der Waals surface area contributed by atoms with E-state index in [1.165, 1.54) is 160 Å². The van der Waals surface area contributed by atoms with Crippen LogP contribution in [0.5, 0.6) is 0 Å². The number of hydrogen-bond acceptors (Lipinski definition) is 0. The van der Waals surface area contributed by atoms with Gasteiger partial charge < -0.3 is 0 Å². The van der Waals surface area contributed by atoms with Crippen LogP contribution in [0.3, 0.4) is 0 Å². The van der Waals surface area contributed by atoms with E-state index in [-0.39, 0.29) is 0 Å². The van der Waals surface area contributed by atoms with Crippen molar-refractivity contribution >= 4 is 53.9 Å². The zero-order valence-electron chi connectivity index (χ0n) is 36.9. The van der Waals surface area contributed by atoms with Gasteiger partial charge in [0.05, 0.1) is 0 Å². The Morgan fingerprint density at radius 1 is 0.179 bits per heavy atom. The summed E-state index contributed by atoms with van der Waals surface area (Å²) in [5.41, 5.74) is 24.5. The highest BCUT2D eigenvalue weighted by atomic mass is 14.4. The van der Waals surface area contributed by atoms with Crippen LogP contribution >= 0.6 is 0 Å². The fourth-order valence-electron chi connectivity index (χ4n) is 12.4. The highest BCUT2D eigenvalue weighted by Crippen LogP contribution is 2.62. The first-order valence-electron chi connectivity index (χ1n) is 23.5. The number of aryl methyl sites for hydroxylation is 1. The second-order valence-corrected chi connectivity index (χ2v) is 18.6. The van der Waals surface area contributed by atoms with Gasteiger partial charge in [-0.25, -0.2) is 0 Å². The number of hydrogen-bond donors (Lipinski definition) is 0. The molecule has 308 valence electrons. The molecule has 0 aliphatic heterocycles. The SMILES string of the molecule is Cc1ccc(-c2c3c(c(-c4ccccc4-c4ccccc4)c4ccccc24)-c2ccc4c5ccc6c7c(ccc(c8ccc-3c2c84)c75)-c2c(-c3ccccc3)ccc(-c3ccccc3)c2-6)cc1. The van der Waals surface area contributed by atoms with Gasteiger partial charge in [-0.3, -0.25) is 0 Å². The molecule has 0 spiro atoms. The summed E-state index contributed by atoms with van der Waals surface area (Å²) in [6, 6.07) is 84.4. The van der Waals surface area contributed by atoms with Crippen LogP contribution in [-0.2, 0) is 0 Å². The van der Waals surface area contributed by atoms with Crippen molar-refractivity contribution in [3.8, 4) is 100 Å². The van der Waals surface area contributed by atoms with Crippen molar-refractivity contribution in [2.45, 2.75) is 6.92 Å². The zero-order chi connectivity index (χ0) is 43.9. The lowest BCUT2D eigenvalue weighted by Crippen LogP contribution is -1.95. The Hall–Kier alpha value is -8.58. The van der Waals surface area contributed by atoms with E-state index >= 15 is 0 Å². The predicted octanol–water partition coefficient (Wildman–Crippen LogP) is 18.8. The van der Waals surface area contributed by atoms with Gasteiger partial charge in [-0.2, -0.15) is 0 Å². The topological polar surface area (TPSA) is 0 Å². The van der Waals surface area contributed by atoms with Crippen molar-refractivity contribution in [1.82, 2.24) is 0 Å². The van der Waals surface area contributed by atoms with E-state index in [2.05, 4.69) is 231 Å². The van der Waals surface area contributed by atoms with Crippen LogP contribution in [0, 0.1) is 6.92 Å². The maximum atomic E-state index is 2.46. The van der Waals surface area contributed by atoms with E-state index in [4.69, 9.17) is 0 Å². The molecule has 0 saturated heterocycles. The van der Waals surface area contributed by atoms with Crippen molar-refractivity contribution in [3.63, 3.8) is 0 Å². The molecule has 15 rings (SSSR count). The molecule has 0 atom stereocenters. The molecule has 0 N–H and O–H groups in total. The molecule has 0 unspecified atom stereocenters. The molecule has 2 aliphatic carbocycles. The van der Waals surface area contributed by atoms with Crippen molar-refractivity contribution in [2.24, 2.45) is 0 Å². The third-order valence-electron chi connectivity index (χ3n) is 15.2.